The Bertz CT molecular complexity index is 1510. The van der Waals surface area contributed by atoms with E-state index in [2.05, 4.69) is 70.1 Å². The molecule has 0 saturated carbocycles. The van der Waals surface area contributed by atoms with Crippen LogP contribution < -0.4 is 16.2 Å². The fourth-order valence-corrected chi connectivity index (χ4v) is 4.96. The standard InChI is InChI=1S/C30H35N5O.C2H2O4/c1-23-29(30(36)35(33(23)2)28-11-7-4-8-12-28)32-27-15-13-24(14-16-27)21-31-26-17-19-34(20-18-26)22-25-9-5-3-6-10-25;3-1(4)2(5)6/h3-16,26,31-32H,17-22H2,1-2H3;(H,3,4)(H,5,6). The first-order valence-electron chi connectivity index (χ1n) is 13.9. The van der Waals surface area contributed by atoms with Crippen LogP contribution in [-0.4, -0.2) is 55.5 Å². The lowest BCUT2D eigenvalue weighted by Crippen LogP contribution is -2.41. The molecule has 0 atom stereocenters. The summed E-state index contributed by atoms with van der Waals surface area (Å²) in [7, 11) is 1.91. The summed E-state index contributed by atoms with van der Waals surface area (Å²) < 4.78 is 3.59. The van der Waals surface area contributed by atoms with Gasteiger partial charge in [0.25, 0.3) is 5.56 Å². The summed E-state index contributed by atoms with van der Waals surface area (Å²) in [5.41, 5.74) is 5.86. The summed E-state index contributed by atoms with van der Waals surface area (Å²) in [5, 5.41) is 21.9. The van der Waals surface area contributed by atoms with Crippen molar-refractivity contribution in [3.05, 3.63) is 112 Å². The van der Waals surface area contributed by atoms with Crippen LogP contribution in [-0.2, 0) is 29.7 Å². The second kappa shape index (κ2) is 14.3. The lowest BCUT2D eigenvalue weighted by molar-refractivity contribution is -0.159. The summed E-state index contributed by atoms with van der Waals surface area (Å²) in [6.45, 7) is 6.12. The van der Waals surface area contributed by atoms with Gasteiger partial charge < -0.3 is 20.8 Å². The van der Waals surface area contributed by atoms with Crippen molar-refractivity contribution in [1.29, 1.82) is 0 Å². The Balaban J connectivity index is 0.000000612. The van der Waals surface area contributed by atoms with Gasteiger partial charge in [-0.1, -0.05) is 60.7 Å². The van der Waals surface area contributed by atoms with Crippen LogP contribution >= 0.6 is 0 Å². The molecular weight excluding hydrogens is 534 g/mol. The zero-order valence-corrected chi connectivity index (χ0v) is 23.9. The SMILES string of the molecule is Cc1c(Nc2ccc(CNC3CCN(Cc4ccccc4)CC3)cc2)c(=O)n(-c2ccccc2)n1C.O=C(O)C(=O)O. The Labute approximate surface area is 244 Å². The van der Waals surface area contributed by atoms with E-state index in [0.29, 0.717) is 11.7 Å². The van der Waals surface area contributed by atoms with Crippen LogP contribution in [0, 0.1) is 6.92 Å². The summed E-state index contributed by atoms with van der Waals surface area (Å²) in [6, 6.07) is 29.4. The fourth-order valence-electron chi connectivity index (χ4n) is 4.96. The molecule has 0 bridgehead atoms. The first kappa shape index (κ1) is 30.3. The molecule has 3 aromatic carbocycles. The first-order valence-corrected chi connectivity index (χ1v) is 13.9. The molecule has 1 aliphatic heterocycles. The number of benzene rings is 3. The van der Waals surface area contributed by atoms with Gasteiger partial charge in [-0.05, 0) is 68.2 Å². The highest BCUT2D eigenvalue weighted by Crippen LogP contribution is 2.20. The molecular formula is C32H37N5O5. The second-order valence-corrected chi connectivity index (χ2v) is 10.3. The predicted octanol–water partition coefficient (Wildman–Crippen LogP) is 4.14. The number of likely N-dealkylation sites (tertiary alicyclic amines) is 1. The normalized spacial score (nSPS) is 13.7. The average molecular weight is 572 g/mol. The van der Waals surface area contributed by atoms with Crippen LogP contribution in [0.1, 0.15) is 29.7 Å². The van der Waals surface area contributed by atoms with Gasteiger partial charge in [0.15, 0.2) is 0 Å². The lowest BCUT2D eigenvalue weighted by atomic mass is 10.0. The van der Waals surface area contributed by atoms with E-state index in [9.17, 15) is 4.79 Å². The van der Waals surface area contributed by atoms with Gasteiger partial charge in [-0.2, -0.15) is 0 Å². The van der Waals surface area contributed by atoms with Crippen molar-refractivity contribution in [3.8, 4) is 5.69 Å². The molecule has 1 fully saturated rings. The highest BCUT2D eigenvalue weighted by Gasteiger charge is 2.19. The third kappa shape index (κ3) is 7.96. The van der Waals surface area contributed by atoms with Crippen molar-refractivity contribution in [3.63, 3.8) is 0 Å². The van der Waals surface area contributed by atoms with Crippen molar-refractivity contribution in [2.24, 2.45) is 7.05 Å². The monoisotopic (exact) mass is 571 g/mol. The molecule has 4 aromatic rings. The quantitative estimate of drug-likeness (QED) is 0.232. The Hall–Kier alpha value is -4.67. The minimum atomic E-state index is -1.82. The molecule has 220 valence electrons. The number of carboxylic acid groups (broad SMARTS) is 2. The zero-order chi connectivity index (χ0) is 30.1. The third-order valence-electron chi connectivity index (χ3n) is 7.39. The number of hydrogen-bond donors (Lipinski definition) is 4. The molecule has 0 unspecified atom stereocenters. The molecule has 2 heterocycles. The van der Waals surface area contributed by atoms with Crippen molar-refractivity contribution in [1.82, 2.24) is 19.6 Å². The van der Waals surface area contributed by atoms with E-state index in [-0.39, 0.29) is 5.56 Å². The van der Waals surface area contributed by atoms with Crippen LogP contribution in [0.25, 0.3) is 5.69 Å². The minimum absolute atomic E-state index is 0.0504. The number of anilines is 2. The molecule has 10 nitrogen and oxygen atoms in total. The van der Waals surface area contributed by atoms with Crippen LogP contribution in [0.5, 0.6) is 0 Å². The smallest absolute Gasteiger partial charge is 0.414 e. The summed E-state index contributed by atoms with van der Waals surface area (Å²) in [5.74, 6) is -3.65. The number of aliphatic carboxylic acids is 2. The van der Waals surface area contributed by atoms with Crippen LogP contribution in [0.3, 0.4) is 0 Å². The third-order valence-corrected chi connectivity index (χ3v) is 7.39. The molecule has 0 amide bonds. The number of carboxylic acids is 2. The van der Waals surface area contributed by atoms with E-state index in [0.717, 1.165) is 43.2 Å². The van der Waals surface area contributed by atoms with Gasteiger partial charge in [0.1, 0.15) is 5.69 Å². The van der Waals surface area contributed by atoms with Crippen LogP contribution in [0.4, 0.5) is 11.4 Å². The average Bonchev–Trinajstić information content (AvgIpc) is 3.21. The van der Waals surface area contributed by atoms with Crippen molar-refractivity contribution >= 4 is 23.3 Å². The fraction of sp³-hybridized carbons (Fsp3) is 0.281. The largest absolute Gasteiger partial charge is 0.473 e. The molecule has 0 spiro atoms. The summed E-state index contributed by atoms with van der Waals surface area (Å²) in [4.78, 5) is 33.9. The Kier molecular flexibility index (Phi) is 10.3. The number of nitrogens with one attached hydrogen (secondary N) is 2. The maximum Gasteiger partial charge on any atom is 0.414 e. The number of piperidine rings is 1. The van der Waals surface area contributed by atoms with E-state index in [1.54, 1.807) is 4.68 Å². The van der Waals surface area contributed by atoms with Crippen molar-refractivity contribution < 1.29 is 19.8 Å². The molecule has 0 radical (unpaired) electrons. The highest BCUT2D eigenvalue weighted by atomic mass is 16.4. The topological polar surface area (TPSA) is 129 Å². The maximum absolute atomic E-state index is 13.2. The van der Waals surface area contributed by atoms with E-state index in [1.165, 1.54) is 24.0 Å². The molecule has 1 aromatic heterocycles. The molecule has 5 rings (SSSR count). The first-order chi connectivity index (χ1) is 20.2. The van der Waals surface area contributed by atoms with E-state index in [1.807, 2.05) is 49.0 Å². The van der Waals surface area contributed by atoms with Gasteiger partial charge in [0, 0.05) is 31.9 Å². The van der Waals surface area contributed by atoms with E-state index < -0.39 is 11.9 Å². The van der Waals surface area contributed by atoms with Gasteiger partial charge >= 0.3 is 11.9 Å². The molecule has 1 saturated heterocycles. The van der Waals surface area contributed by atoms with Gasteiger partial charge in [0.05, 0.1) is 11.4 Å². The number of hydrogen-bond acceptors (Lipinski definition) is 6. The number of para-hydroxylation sites is 1. The Morgan fingerprint density at radius 3 is 1.98 bits per heavy atom. The molecule has 0 aliphatic carbocycles. The number of carbonyl (C=O) groups is 2. The summed E-state index contributed by atoms with van der Waals surface area (Å²) in [6.07, 6.45) is 2.35. The van der Waals surface area contributed by atoms with Gasteiger partial charge in [-0.15, -0.1) is 0 Å². The van der Waals surface area contributed by atoms with Gasteiger partial charge in [-0.3, -0.25) is 14.4 Å². The Morgan fingerprint density at radius 2 is 1.40 bits per heavy atom. The van der Waals surface area contributed by atoms with Crippen molar-refractivity contribution in [2.75, 3.05) is 18.4 Å². The molecule has 4 N–H and O–H groups in total. The number of nitrogens with zero attached hydrogens (tertiary/aromatic N) is 3. The molecule has 10 heteroatoms. The van der Waals surface area contributed by atoms with Crippen LogP contribution in [0.2, 0.25) is 0 Å². The summed E-state index contributed by atoms with van der Waals surface area (Å²) >= 11 is 0. The number of rotatable bonds is 8. The van der Waals surface area contributed by atoms with E-state index >= 15 is 0 Å². The zero-order valence-electron chi connectivity index (χ0n) is 23.9. The highest BCUT2D eigenvalue weighted by molar-refractivity contribution is 6.27. The maximum atomic E-state index is 13.2. The van der Waals surface area contributed by atoms with Crippen molar-refractivity contribution in [2.45, 2.75) is 38.9 Å². The van der Waals surface area contributed by atoms with Crippen LogP contribution in [0.15, 0.2) is 89.7 Å². The number of aromatic nitrogens is 2. The van der Waals surface area contributed by atoms with Gasteiger partial charge in [-0.25, -0.2) is 14.3 Å². The Morgan fingerprint density at radius 1 is 0.833 bits per heavy atom. The van der Waals surface area contributed by atoms with E-state index in [4.69, 9.17) is 19.8 Å². The second-order valence-electron chi connectivity index (χ2n) is 10.3. The lowest BCUT2D eigenvalue weighted by Gasteiger charge is -2.32. The van der Waals surface area contributed by atoms with Gasteiger partial charge in [0.2, 0.25) is 0 Å². The predicted molar refractivity (Wildman–Crippen MR) is 162 cm³/mol. The minimum Gasteiger partial charge on any atom is -0.473 e. The molecule has 1 aliphatic rings. The molecule has 42 heavy (non-hydrogen) atoms.